The van der Waals surface area contributed by atoms with Crippen molar-refractivity contribution in [2.45, 2.75) is 58.4 Å². The van der Waals surface area contributed by atoms with Crippen LogP contribution >= 0.6 is 0 Å². The fourth-order valence-electron chi connectivity index (χ4n) is 2.65. The van der Waals surface area contributed by atoms with Gasteiger partial charge in [0.05, 0.1) is 6.61 Å². The van der Waals surface area contributed by atoms with E-state index in [9.17, 15) is 14.7 Å². The van der Waals surface area contributed by atoms with Crippen molar-refractivity contribution in [1.82, 2.24) is 5.32 Å². The van der Waals surface area contributed by atoms with E-state index in [4.69, 9.17) is 4.74 Å². The molecule has 0 aromatic rings. The number of hydrogen-bond donors (Lipinski definition) is 2. The fourth-order valence-corrected chi connectivity index (χ4v) is 2.65. The summed E-state index contributed by atoms with van der Waals surface area (Å²) in [6.07, 6.45) is 5.27. The molecule has 116 valence electrons. The van der Waals surface area contributed by atoms with Crippen LogP contribution in [0.1, 0.15) is 52.4 Å². The highest BCUT2D eigenvalue weighted by Crippen LogP contribution is 2.19. The Morgan fingerprint density at radius 1 is 1.40 bits per heavy atom. The third-order valence-corrected chi connectivity index (χ3v) is 4.00. The minimum absolute atomic E-state index is 0.0821. The van der Waals surface area contributed by atoms with Crippen LogP contribution in [0.15, 0.2) is 0 Å². The molecule has 5 heteroatoms. The lowest BCUT2D eigenvalue weighted by molar-refractivity contribution is -0.145. The van der Waals surface area contributed by atoms with Crippen LogP contribution in [-0.2, 0) is 14.3 Å². The van der Waals surface area contributed by atoms with E-state index >= 15 is 0 Å². The predicted octanol–water partition coefficient (Wildman–Crippen LogP) is 2.20. The topological polar surface area (TPSA) is 75.6 Å². The Kier molecular flexibility index (Phi) is 7.59. The molecule has 1 rings (SSSR count). The summed E-state index contributed by atoms with van der Waals surface area (Å²) in [5.74, 6) is -1.28. The molecular weight excluding hydrogens is 258 g/mol. The Morgan fingerprint density at radius 3 is 2.65 bits per heavy atom. The van der Waals surface area contributed by atoms with Crippen molar-refractivity contribution in [1.29, 1.82) is 0 Å². The van der Waals surface area contributed by atoms with Gasteiger partial charge in [0, 0.05) is 18.4 Å². The van der Waals surface area contributed by atoms with Crippen LogP contribution in [0.4, 0.5) is 0 Å². The van der Waals surface area contributed by atoms with Gasteiger partial charge in [-0.1, -0.05) is 26.7 Å². The largest absolute Gasteiger partial charge is 0.480 e. The molecule has 0 saturated carbocycles. The van der Waals surface area contributed by atoms with E-state index in [1.165, 1.54) is 0 Å². The highest BCUT2D eigenvalue weighted by molar-refractivity contribution is 5.85. The van der Waals surface area contributed by atoms with Crippen LogP contribution < -0.4 is 5.32 Å². The van der Waals surface area contributed by atoms with Crippen LogP contribution in [0.2, 0.25) is 0 Å². The van der Waals surface area contributed by atoms with Gasteiger partial charge in [0.15, 0.2) is 0 Å². The lowest BCUT2D eigenvalue weighted by Crippen LogP contribution is -2.50. The number of nitrogens with one attached hydrogen (secondary N) is 1. The molecule has 0 aliphatic carbocycles. The van der Waals surface area contributed by atoms with E-state index < -0.39 is 12.0 Å². The summed E-state index contributed by atoms with van der Waals surface area (Å²) in [4.78, 5) is 23.6. The summed E-state index contributed by atoms with van der Waals surface area (Å²) < 4.78 is 5.33. The number of hydrogen-bond acceptors (Lipinski definition) is 3. The first-order chi connectivity index (χ1) is 9.60. The van der Waals surface area contributed by atoms with E-state index in [1.807, 2.05) is 6.92 Å². The molecule has 0 bridgehead atoms. The SMILES string of the molecule is CCCCC(CC)C(=O)NC(C(=O)O)C1CCCOC1. The van der Waals surface area contributed by atoms with Gasteiger partial charge in [-0.3, -0.25) is 4.79 Å². The molecular formula is C15H27NO4. The molecule has 20 heavy (non-hydrogen) atoms. The summed E-state index contributed by atoms with van der Waals surface area (Å²) in [5, 5.41) is 12.1. The Hall–Kier alpha value is -1.10. The van der Waals surface area contributed by atoms with Gasteiger partial charge in [0.2, 0.25) is 5.91 Å². The number of amides is 1. The fraction of sp³-hybridized carbons (Fsp3) is 0.867. The van der Waals surface area contributed by atoms with Gasteiger partial charge in [0.25, 0.3) is 0 Å². The van der Waals surface area contributed by atoms with Gasteiger partial charge in [-0.2, -0.15) is 0 Å². The van der Waals surface area contributed by atoms with E-state index in [1.54, 1.807) is 0 Å². The molecule has 1 aliphatic rings. The third-order valence-electron chi connectivity index (χ3n) is 4.00. The highest BCUT2D eigenvalue weighted by Gasteiger charge is 2.32. The maximum Gasteiger partial charge on any atom is 0.326 e. The van der Waals surface area contributed by atoms with Crippen LogP contribution in [0.5, 0.6) is 0 Å². The Labute approximate surface area is 121 Å². The van der Waals surface area contributed by atoms with Crippen molar-refractivity contribution in [3.8, 4) is 0 Å². The summed E-state index contributed by atoms with van der Waals surface area (Å²) in [5.41, 5.74) is 0. The number of rotatable bonds is 8. The molecule has 5 nitrogen and oxygen atoms in total. The van der Waals surface area contributed by atoms with E-state index in [0.717, 1.165) is 38.5 Å². The number of unbranched alkanes of at least 4 members (excludes halogenated alkanes) is 1. The first-order valence-corrected chi connectivity index (χ1v) is 7.71. The second kappa shape index (κ2) is 8.95. The number of aliphatic carboxylic acids is 1. The molecule has 3 unspecified atom stereocenters. The number of carboxylic acids is 1. The van der Waals surface area contributed by atoms with Crippen molar-refractivity contribution in [3.05, 3.63) is 0 Å². The number of carboxylic acid groups (broad SMARTS) is 1. The maximum atomic E-state index is 12.2. The van der Waals surface area contributed by atoms with E-state index in [-0.39, 0.29) is 17.7 Å². The van der Waals surface area contributed by atoms with Gasteiger partial charge < -0.3 is 15.2 Å². The normalized spacial score (nSPS) is 22.0. The minimum Gasteiger partial charge on any atom is -0.480 e. The lowest BCUT2D eigenvalue weighted by atomic mass is 9.92. The monoisotopic (exact) mass is 285 g/mol. The average molecular weight is 285 g/mol. The Balaban J connectivity index is 2.59. The van der Waals surface area contributed by atoms with Crippen LogP contribution in [0.3, 0.4) is 0 Å². The van der Waals surface area contributed by atoms with Crippen molar-refractivity contribution < 1.29 is 19.4 Å². The molecule has 2 N–H and O–H groups in total. The molecule has 3 atom stereocenters. The highest BCUT2D eigenvalue weighted by atomic mass is 16.5. The maximum absolute atomic E-state index is 12.2. The Bertz CT molecular complexity index is 313. The quantitative estimate of drug-likeness (QED) is 0.717. The number of carbonyl (C=O) groups excluding carboxylic acids is 1. The summed E-state index contributed by atoms with van der Waals surface area (Å²) in [6.45, 7) is 5.16. The molecule has 0 aromatic heterocycles. The van der Waals surface area contributed by atoms with Gasteiger partial charge in [-0.15, -0.1) is 0 Å². The van der Waals surface area contributed by atoms with Gasteiger partial charge >= 0.3 is 5.97 Å². The third kappa shape index (κ3) is 5.12. The Morgan fingerprint density at radius 2 is 2.15 bits per heavy atom. The van der Waals surface area contributed by atoms with Crippen LogP contribution in [0.25, 0.3) is 0 Å². The predicted molar refractivity (Wildman–Crippen MR) is 76.4 cm³/mol. The average Bonchev–Trinajstić information content (AvgIpc) is 2.46. The molecule has 0 radical (unpaired) electrons. The van der Waals surface area contributed by atoms with Gasteiger partial charge in [-0.25, -0.2) is 4.79 Å². The summed E-state index contributed by atoms with van der Waals surface area (Å²) in [6, 6.07) is -0.821. The standard InChI is InChI=1S/C15H27NO4/c1-3-5-7-11(4-2)14(17)16-13(15(18)19)12-8-6-9-20-10-12/h11-13H,3-10H2,1-2H3,(H,16,17)(H,18,19). The smallest absolute Gasteiger partial charge is 0.326 e. The molecule has 0 aromatic carbocycles. The van der Waals surface area contributed by atoms with Crippen LogP contribution in [0, 0.1) is 11.8 Å². The summed E-state index contributed by atoms with van der Waals surface area (Å²) >= 11 is 0. The molecule has 1 fully saturated rings. The zero-order valence-electron chi connectivity index (χ0n) is 12.6. The molecule has 0 spiro atoms. The number of carbonyl (C=O) groups is 2. The van der Waals surface area contributed by atoms with Crippen molar-refractivity contribution >= 4 is 11.9 Å². The van der Waals surface area contributed by atoms with Crippen molar-refractivity contribution in [2.75, 3.05) is 13.2 Å². The van der Waals surface area contributed by atoms with E-state index in [2.05, 4.69) is 12.2 Å². The number of ether oxygens (including phenoxy) is 1. The second-order valence-corrected chi connectivity index (χ2v) is 5.55. The van der Waals surface area contributed by atoms with Crippen LogP contribution in [-0.4, -0.2) is 36.2 Å². The van der Waals surface area contributed by atoms with E-state index in [0.29, 0.717) is 13.2 Å². The first-order valence-electron chi connectivity index (χ1n) is 7.71. The molecule has 1 aliphatic heterocycles. The molecule has 1 amide bonds. The van der Waals surface area contributed by atoms with Crippen molar-refractivity contribution in [3.63, 3.8) is 0 Å². The molecule has 1 heterocycles. The zero-order chi connectivity index (χ0) is 15.0. The second-order valence-electron chi connectivity index (χ2n) is 5.55. The first kappa shape index (κ1) is 17.0. The van der Waals surface area contributed by atoms with Crippen molar-refractivity contribution in [2.24, 2.45) is 11.8 Å². The van der Waals surface area contributed by atoms with Gasteiger partial charge in [-0.05, 0) is 25.7 Å². The summed E-state index contributed by atoms with van der Waals surface area (Å²) in [7, 11) is 0. The zero-order valence-corrected chi connectivity index (χ0v) is 12.6. The molecule has 1 saturated heterocycles. The lowest BCUT2D eigenvalue weighted by Gasteiger charge is -2.29. The minimum atomic E-state index is -0.959. The van der Waals surface area contributed by atoms with Gasteiger partial charge in [0.1, 0.15) is 6.04 Å².